The van der Waals surface area contributed by atoms with Crippen LogP contribution in [0.5, 0.6) is 0 Å². The lowest BCUT2D eigenvalue weighted by Gasteiger charge is -2.18. The lowest BCUT2D eigenvalue weighted by molar-refractivity contribution is -0.435. The van der Waals surface area contributed by atoms with E-state index in [-0.39, 0.29) is 58.8 Å². The SMILES string of the molecule is CN1C(=O)CN=C(c2ccccc2F)c2cc(N=[N+]([O-])c3ccc4c(c3)C(c3ccccc3F)=NCC(=O)N4C)ccc21. The molecule has 2 amide bonds. The molecule has 4 aromatic carbocycles. The van der Waals surface area contributed by atoms with Crippen LogP contribution in [-0.2, 0) is 9.59 Å². The van der Waals surface area contributed by atoms with Gasteiger partial charge in [-0.15, -0.1) is 0 Å². The molecule has 9 nitrogen and oxygen atoms in total. The predicted molar refractivity (Wildman–Crippen MR) is 159 cm³/mol. The van der Waals surface area contributed by atoms with E-state index in [1.165, 1.54) is 34.1 Å². The van der Waals surface area contributed by atoms with Crippen LogP contribution in [0, 0.1) is 16.8 Å². The van der Waals surface area contributed by atoms with Gasteiger partial charge >= 0.3 is 0 Å². The summed E-state index contributed by atoms with van der Waals surface area (Å²) in [6.07, 6.45) is 0. The van der Waals surface area contributed by atoms with Crippen molar-refractivity contribution in [1.29, 1.82) is 0 Å². The molecule has 0 radical (unpaired) electrons. The monoisotopic (exact) mass is 578 g/mol. The van der Waals surface area contributed by atoms with Crippen molar-refractivity contribution in [2.75, 3.05) is 37.0 Å². The summed E-state index contributed by atoms with van der Waals surface area (Å²) < 4.78 is 29.6. The van der Waals surface area contributed by atoms with Crippen molar-refractivity contribution < 1.29 is 23.2 Å². The van der Waals surface area contributed by atoms with Crippen molar-refractivity contribution in [2.24, 2.45) is 15.1 Å². The third-order valence-electron chi connectivity index (χ3n) is 7.37. The minimum atomic E-state index is -0.515. The van der Waals surface area contributed by atoms with Gasteiger partial charge in [-0.3, -0.25) is 19.6 Å². The fourth-order valence-electron chi connectivity index (χ4n) is 5.07. The number of nitrogens with zero attached hydrogens (tertiary/aromatic N) is 6. The third-order valence-corrected chi connectivity index (χ3v) is 7.37. The highest BCUT2D eigenvalue weighted by Crippen LogP contribution is 2.33. The standard InChI is InChI=1S/C32H24F2N6O3/c1-38-27-13-11-19(15-23(27)31(35-17-29(38)41)21-7-3-5-9-25(21)33)37-40(43)20-12-14-28-24(16-20)32(36-18-30(42)39(28)2)22-8-4-6-10-26(22)34/h3-16H,17-18H2,1-2H3. The first-order valence-corrected chi connectivity index (χ1v) is 13.3. The van der Waals surface area contributed by atoms with Crippen LogP contribution < -0.4 is 9.80 Å². The summed E-state index contributed by atoms with van der Waals surface area (Å²) in [5.41, 5.74) is 3.03. The number of carbonyl (C=O) groups excluding carboxylic acids is 2. The van der Waals surface area contributed by atoms with E-state index in [0.717, 1.165) is 0 Å². The Morgan fingerprint density at radius 3 is 1.72 bits per heavy atom. The number of amides is 2. The second-order valence-corrected chi connectivity index (χ2v) is 9.97. The Labute approximate surface area is 245 Å². The topological polar surface area (TPSA) is 104 Å². The van der Waals surface area contributed by atoms with Gasteiger partial charge in [-0.25, -0.2) is 8.78 Å². The fraction of sp³-hybridized carbons (Fsp3) is 0.125. The van der Waals surface area contributed by atoms with Crippen molar-refractivity contribution in [3.05, 3.63) is 124 Å². The van der Waals surface area contributed by atoms with E-state index >= 15 is 0 Å². The molecule has 0 saturated carbocycles. The van der Waals surface area contributed by atoms with E-state index in [1.807, 2.05) is 0 Å². The maximum absolute atomic E-state index is 14.8. The number of hydrogen-bond acceptors (Lipinski definition) is 6. The van der Waals surface area contributed by atoms with Gasteiger partial charge in [0.05, 0.1) is 22.8 Å². The van der Waals surface area contributed by atoms with E-state index in [1.54, 1.807) is 74.8 Å². The van der Waals surface area contributed by atoms with Crippen LogP contribution in [0.15, 0.2) is 100 Å². The van der Waals surface area contributed by atoms with Gasteiger partial charge in [0.15, 0.2) is 0 Å². The molecule has 43 heavy (non-hydrogen) atoms. The van der Waals surface area contributed by atoms with Gasteiger partial charge in [0, 0.05) is 53.6 Å². The summed E-state index contributed by atoms with van der Waals surface area (Å²) in [7, 11) is 3.19. The quantitative estimate of drug-likeness (QED) is 0.181. The maximum atomic E-state index is 14.8. The highest BCUT2D eigenvalue weighted by Gasteiger charge is 2.27. The van der Waals surface area contributed by atoms with Gasteiger partial charge in [-0.05, 0) is 48.5 Å². The summed E-state index contributed by atoms with van der Waals surface area (Å²) in [6, 6.07) is 21.6. The van der Waals surface area contributed by atoms with Crippen LogP contribution in [-0.4, -0.2) is 55.3 Å². The Hall–Kier alpha value is -5.58. The number of fused-ring (bicyclic) bond motifs is 2. The molecular weight excluding hydrogens is 554 g/mol. The highest BCUT2D eigenvalue weighted by molar-refractivity contribution is 6.21. The Morgan fingerprint density at radius 1 is 0.698 bits per heavy atom. The molecule has 11 heteroatoms. The number of benzene rings is 4. The molecule has 0 aromatic heterocycles. The van der Waals surface area contributed by atoms with Gasteiger partial charge in [0.1, 0.15) is 30.4 Å². The molecule has 2 heterocycles. The summed E-state index contributed by atoms with van der Waals surface area (Å²) in [6.45, 7) is -0.361. The lowest BCUT2D eigenvalue weighted by Crippen LogP contribution is -2.27. The number of likely N-dealkylation sites (N-methyl/N-ethyl adjacent to an activating group) is 2. The molecule has 0 N–H and O–H groups in total. The summed E-state index contributed by atoms with van der Waals surface area (Å²) in [4.78, 5) is 37.2. The zero-order valence-electron chi connectivity index (χ0n) is 23.2. The van der Waals surface area contributed by atoms with Gasteiger partial charge in [-0.1, -0.05) is 29.1 Å². The minimum absolute atomic E-state index is 0.107. The number of hydrogen-bond donors (Lipinski definition) is 0. The molecule has 0 spiro atoms. The molecule has 0 bridgehead atoms. The maximum Gasteiger partial charge on any atom is 0.248 e. The van der Waals surface area contributed by atoms with E-state index in [9.17, 15) is 23.6 Å². The molecule has 0 saturated heterocycles. The van der Waals surface area contributed by atoms with Crippen LogP contribution in [0.4, 0.5) is 31.5 Å². The molecule has 0 unspecified atom stereocenters. The molecule has 2 aliphatic heterocycles. The van der Waals surface area contributed by atoms with E-state index in [0.29, 0.717) is 27.4 Å². The van der Waals surface area contributed by atoms with Crippen molar-refractivity contribution in [2.45, 2.75) is 0 Å². The van der Waals surface area contributed by atoms with Crippen molar-refractivity contribution in [3.63, 3.8) is 0 Å². The smallest absolute Gasteiger partial charge is 0.248 e. The molecule has 4 aromatic rings. The zero-order chi connectivity index (χ0) is 30.2. The van der Waals surface area contributed by atoms with Crippen LogP contribution in [0.1, 0.15) is 22.3 Å². The van der Waals surface area contributed by atoms with Crippen molar-refractivity contribution >= 4 is 46.0 Å². The van der Waals surface area contributed by atoms with Crippen LogP contribution in [0.2, 0.25) is 0 Å². The number of carbonyl (C=O) groups is 2. The van der Waals surface area contributed by atoms with Gasteiger partial charge in [0.25, 0.3) is 0 Å². The average Bonchev–Trinajstić information content (AvgIpc) is 3.21. The van der Waals surface area contributed by atoms with Gasteiger partial charge in [0.2, 0.25) is 17.5 Å². The normalized spacial score (nSPS) is 15.3. The highest BCUT2D eigenvalue weighted by atomic mass is 19.1. The second-order valence-electron chi connectivity index (χ2n) is 9.97. The predicted octanol–water partition coefficient (Wildman–Crippen LogP) is 5.52. The summed E-state index contributed by atoms with van der Waals surface area (Å²) in [5.74, 6) is -1.58. The number of anilines is 2. The number of aliphatic imine (C=N–C) groups is 2. The van der Waals surface area contributed by atoms with E-state index < -0.39 is 11.6 Å². The Bertz CT molecular complexity index is 1900. The van der Waals surface area contributed by atoms with Crippen LogP contribution >= 0.6 is 0 Å². The number of rotatable bonds is 4. The van der Waals surface area contributed by atoms with Crippen molar-refractivity contribution in [3.8, 4) is 0 Å². The number of halogens is 2. The van der Waals surface area contributed by atoms with E-state index in [2.05, 4.69) is 15.1 Å². The first kappa shape index (κ1) is 27.6. The molecule has 6 rings (SSSR count). The number of azo groups is 1. The summed E-state index contributed by atoms with van der Waals surface area (Å²) in [5, 5.41) is 17.6. The molecule has 0 fully saturated rings. The molecule has 0 atom stereocenters. The Balaban J connectivity index is 1.45. The van der Waals surface area contributed by atoms with Crippen molar-refractivity contribution in [1.82, 2.24) is 0 Å². The molecule has 2 aliphatic rings. The Morgan fingerprint density at radius 2 is 1.19 bits per heavy atom. The molecule has 214 valence electrons. The zero-order valence-corrected chi connectivity index (χ0v) is 23.2. The van der Waals surface area contributed by atoms with E-state index in [4.69, 9.17) is 0 Å². The largest absolute Gasteiger partial charge is 0.594 e. The lowest BCUT2D eigenvalue weighted by atomic mass is 9.99. The Kier molecular flexibility index (Phi) is 7.06. The van der Waals surface area contributed by atoms with Gasteiger partial charge < -0.3 is 15.0 Å². The van der Waals surface area contributed by atoms with Crippen LogP contribution in [0.25, 0.3) is 0 Å². The van der Waals surface area contributed by atoms with Crippen LogP contribution in [0.3, 0.4) is 0 Å². The second kappa shape index (κ2) is 11.0. The fourth-order valence-corrected chi connectivity index (χ4v) is 5.07. The summed E-state index contributed by atoms with van der Waals surface area (Å²) >= 11 is 0. The molecule has 0 aliphatic carbocycles. The molecular formula is C32H24F2N6O3. The first-order chi connectivity index (χ1) is 20.7. The number of benzodiazepines with no additional fused rings is 2. The third kappa shape index (κ3) is 5.05. The average molecular weight is 579 g/mol. The minimum Gasteiger partial charge on any atom is -0.594 e. The van der Waals surface area contributed by atoms with Gasteiger partial charge in [-0.2, -0.15) is 0 Å². The first-order valence-electron chi connectivity index (χ1n) is 13.3.